The summed E-state index contributed by atoms with van der Waals surface area (Å²) < 4.78 is 0. The number of nitrogens with two attached hydrogens (primary N) is 1. The third kappa shape index (κ3) is 5.06. The lowest BCUT2D eigenvalue weighted by Crippen LogP contribution is -2.51. The van der Waals surface area contributed by atoms with Crippen LogP contribution in [0.4, 0.5) is 0 Å². The smallest absolute Gasteiger partial charge is 0.237 e. The van der Waals surface area contributed by atoms with Crippen LogP contribution in [0.2, 0.25) is 0 Å². The van der Waals surface area contributed by atoms with Gasteiger partial charge in [-0.3, -0.25) is 4.79 Å². The molecular weight excluding hydrogens is 250 g/mol. The highest BCUT2D eigenvalue weighted by Gasteiger charge is 2.30. The minimum Gasteiger partial charge on any atom is -0.368 e. The van der Waals surface area contributed by atoms with Gasteiger partial charge in [-0.05, 0) is 77.3 Å². The van der Waals surface area contributed by atoms with Crippen molar-refractivity contribution in [3.8, 4) is 0 Å². The second-order valence-electron chi connectivity index (χ2n) is 7.05. The lowest BCUT2D eigenvalue weighted by molar-refractivity contribution is -0.123. The molecule has 2 fully saturated rings. The molecule has 1 unspecified atom stereocenters. The van der Waals surface area contributed by atoms with Crippen molar-refractivity contribution in [3.05, 3.63) is 0 Å². The van der Waals surface area contributed by atoms with Gasteiger partial charge in [0.1, 0.15) is 0 Å². The summed E-state index contributed by atoms with van der Waals surface area (Å²) in [6, 6.07) is 0. The van der Waals surface area contributed by atoms with E-state index in [4.69, 9.17) is 5.73 Å². The molecule has 4 nitrogen and oxygen atoms in total. The third-order valence-electron chi connectivity index (χ3n) is 4.92. The second-order valence-corrected chi connectivity index (χ2v) is 7.05. The van der Waals surface area contributed by atoms with Crippen molar-refractivity contribution in [3.63, 3.8) is 0 Å². The first-order chi connectivity index (χ1) is 9.53. The van der Waals surface area contributed by atoms with E-state index in [2.05, 4.69) is 10.2 Å². The van der Waals surface area contributed by atoms with Crippen molar-refractivity contribution >= 4 is 5.91 Å². The molecular formula is C16H31N3O. The van der Waals surface area contributed by atoms with Crippen molar-refractivity contribution in [2.45, 2.75) is 57.4 Å². The fourth-order valence-corrected chi connectivity index (χ4v) is 2.77. The van der Waals surface area contributed by atoms with Gasteiger partial charge in [-0.25, -0.2) is 0 Å². The molecule has 0 heterocycles. The zero-order valence-corrected chi connectivity index (χ0v) is 13.2. The molecule has 0 aromatic heterocycles. The normalized spacial score (nSPS) is 21.9. The van der Waals surface area contributed by atoms with E-state index in [1.807, 2.05) is 14.0 Å². The van der Waals surface area contributed by atoms with Gasteiger partial charge < -0.3 is 16.0 Å². The standard InChI is InChI=1S/C16H31N3O/c1-16(18-2,15(17)20)9-3-4-10-19(11-13-5-6-13)12-14-7-8-14/h13-14,18H,3-12H2,1-2H3,(H2,17,20). The van der Waals surface area contributed by atoms with E-state index < -0.39 is 5.54 Å². The summed E-state index contributed by atoms with van der Waals surface area (Å²) in [7, 11) is 1.82. The van der Waals surface area contributed by atoms with Crippen LogP contribution in [-0.2, 0) is 4.79 Å². The molecule has 0 aromatic rings. The molecule has 0 aromatic carbocycles. The van der Waals surface area contributed by atoms with Gasteiger partial charge in [-0.15, -0.1) is 0 Å². The number of hydrogen-bond acceptors (Lipinski definition) is 3. The molecule has 2 aliphatic rings. The van der Waals surface area contributed by atoms with Crippen LogP contribution in [0.3, 0.4) is 0 Å². The zero-order valence-electron chi connectivity index (χ0n) is 13.2. The Morgan fingerprint density at radius 3 is 2.15 bits per heavy atom. The first-order valence-electron chi connectivity index (χ1n) is 8.24. The van der Waals surface area contributed by atoms with E-state index in [9.17, 15) is 4.79 Å². The monoisotopic (exact) mass is 281 g/mol. The van der Waals surface area contributed by atoms with Crippen LogP contribution in [-0.4, -0.2) is 43.0 Å². The maximum atomic E-state index is 11.4. The minimum atomic E-state index is -0.544. The van der Waals surface area contributed by atoms with E-state index >= 15 is 0 Å². The SMILES string of the molecule is CNC(C)(CCCCN(CC1CC1)CC1CC1)C(N)=O. The summed E-state index contributed by atoms with van der Waals surface area (Å²) in [6.07, 6.45) is 8.79. The highest BCUT2D eigenvalue weighted by Crippen LogP contribution is 2.33. The molecule has 0 radical (unpaired) electrons. The Morgan fingerprint density at radius 2 is 1.75 bits per heavy atom. The third-order valence-corrected chi connectivity index (χ3v) is 4.92. The Hall–Kier alpha value is -0.610. The van der Waals surface area contributed by atoms with E-state index in [0.29, 0.717) is 0 Å². The van der Waals surface area contributed by atoms with E-state index in [1.165, 1.54) is 51.7 Å². The van der Waals surface area contributed by atoms with Crippen LogP contribution < -0.4 is 11.1 Å². The molecule has 1 atom stereocenters. The molecule has 0 bridgehead atoms. The van der Waals surface area contributed by atoms with Crippen LogP contribution in [0, 0.1) is 11.8 Å². The van der Waals surface area contributed by atoms with E-state index in [1.54, 1.807) is 0 Å². The molecule has 2 saturated carbocycles. The van der Waals surface area contributed by atoms with Gasteiger partial charge in [-0.2, -0.15) is 0 Å². The van der Waals surface area contributed by atoms with Crippen LogP contribution in [0.5, 0.6) is 0 Å². The lowest BCUT2D eigenvalue weighted by Gasteiger charge is -2.26. The van der Waals surface area contributed by atoms with Crippen molar-refractivity contribution in [1.82, 2.24) is 10.2 Å². The maximum Gasteiger partial charge on any atom is 0.237 e. The van der Waals surface area contributed by atoms with Gasteiger partial charge in [0, 0.05) is 13.1 Å². The number of primary amides is 1. The largest absolute Gasteiger partial charge is 0.368 e. The molecule has 1 amide bonds. The van der Waals surface area contributed by atoms with Gasteiger partial charge in [0.15, 0.2) is 0 Å². The Morgan fingerprint density at radius 1 is 1.20 bits per heavy atom. The van der Waals surface area contributed by atoms with E-state index in [0.717, 1.165) is 24.7 Å². The fourth-order valence-electron chi connectivity index (χ4n) is 2.77. The number of hydrogen-bond donors (Lipinski definition) is 2. The molecule has 116 valence electrons. The van der Waals surface area contributed by atoms with Gasteiger partial charge in [0.2, 0.25) is 5.91 Å². The van der Waals surface area contributed by atoms with Crippen LogP contribution in [0.25, 0.3) is 0 Å². The van der Waals surface area contributed by atoms with Crippen molar-refractivity contribution in [1.29, 1.82) is 0 Å². The van der Waals surface area contributed by atoms with Crippen molar-refractivity contribution < 1.29 is 4.79 Å². The van der Waals surface area contributed by atoms with Gasteiger partial charge >= 0.3 is 0 Å². The Bertz CT molecular complexity index is 312. The number of unbranched alkanes of at least 4 members (excludes halogenated alkanes) is 1. The summed E-state index contributed by atoms with van der Waals surface area (Å²) in [5.74, 6) is 1.71. The van der Waals surface area contributed by atoms with Gasteiger partial charge in [0.05, 0.1) is 5.54 Å². The number of amides is 1. The molecule has 0 spiro atoms. The minimum absolute atomic E-state index is 0.243. The Labute approximate surface area is 123 Å². The van der Waals surface area contributed by atoms with Crippen LogP contribution in [0.15, 0.2) is 0 Å². The number of nitrogens with zero attached hydrogens (tertiary/aromatic N) is 1. The second kappa shape index (κ2) is 6.90. The fraction of sp³-hybridized carbons (Fsp3) is 0.938. The Balaban J connectivity index is 1.65. The van der Waals surface area contributed by atoms with Crippen LogP contribution in [0.1, 0.15) is 51.9 Å². The molecule has 0 saturated heterocycles. The average molecular weight is 281 g/mol. The molecule has 0 aliphatic heterocycles. The number of nitrogens with one attached hydrogen (secondary N) is 1. The predicted octanol–water partition coefficient (Wildman–Crippen LogP) is 1.74. The summed E-state index contributed by atoms with van der Waals surface area (Å²) >= 11 is 0. The highest BCUT2D eigenvalue weighted by atomic mass is 16.1. The summed E-state index contributed by atoms with van der Waals surface area (Å²) in [5.41, 5.74) is 4.92. The molecule has 20 heavy (non-hydrogen) atoms. The maximum absolute atomic E-state index is 11.4. The average Bonchev–Trinajstić information content (AvgIpc) is 3.29. The number of rotatable bonds is 11. The first-order valence-corrected chi connectivity index (χ1v) is 8.24. The summed E-state index contributed by atoms with van der Waals surface area (Å²) in [5, 5.41) is 3.06. The van der Waals surface area contributed by atoms with Gasteiger partial charge in [0.25, 0.3) is 0 Å². The van der Waals surface area contributed by atoms with Crippen molar-refractivity contribution in [2.24, 2.45) is 17.6 Å². The van der Waals surface area contributed by atoms with E-state index in [-0.39, 0.29) is 5.91 Å². The molecule has 3 N–H and O–H groups in total. The number of likely N-dealkylation sites (N-methyl/N-ethyl adjacent to an activating group) is 1. The molecule has 2 rings (SSSR count). The van der Waals surface area contributed by atoms with Gasteiger partial charge in [-0.1, -0.05) is 0 Å². The molecule has 2 aliphatic carbocycles. The summed E-state index contributed by atoms with van der Waals surface area (Å²) in [4.78, 5) is 14.1. The quantitative estimate of drug-likeness (QED) is 0.567. The summed E-state index contributed by atoms with van der Waals surface area (Å²) in [6.45, 7) is 5.69. The number of carbonyl (C=O) groups excluding carboxylic acids is 1. The Kier molecular flexibility index (Phi) is 5.44. The lowest BCUT2D eigenvalue weighted by atomic mass is 9.94. The van der Waals surface area contributed by atoms with Crippen molar-refractivity contribution in [2.75, 3.05) is 26.7 Å². The highest BCUT2D eigenvalue weighted by molar-refractivity contribution is 5.84. The topological polar surface area (TPSA) is 58.4 Å². The van der Waals surface area contributed by atoms with Crippen LogP contribution >= 0.6 is 0 Å². The first kappa shape index (κ1) is 15.8. The molecule has 4 heteroatoms. The zero-order chi connectivity index (χ0) is 14.6. The predicted molar refractivity (Wildman–Crippen MR) is 82.4 cm³/mol. The number of carbonyl (C=O) groups is 1.